The quantitative estimate of drug-likeness (QED) is 0.150. The molecule has 0 unspecified atom stereocenters. The van der Waals surface area contributed by atoms with Crippen molar-refractivity contribution in [2.75, 3.05) is 46.9 Å². The molecule has 0 radical (unpaired) electrons. The van der Waals surface area contributed by atoms with Gasteiger partial charge in [-0.2, -0.15) is 0 Å². The molecule has 0 saturated heterocycles. The van der Waals surface area contributed by atoms with Gasteiger partial charge in [-0.1, -0.05) is 53.4 Å². The standard InChI is InChI=1S/2C21H26FNO3S2/c2*1-4-5-10-21(2)13-23(16-8-6-15(22)7-9-16)17-11-19(27-3)18(24)12-20(17)28(25,26)14-21/h2*6-9,11-12,24H,4-5,10,13-14H2,1-3H3/t2*21-/m10/s1. The number of fused-ring (bicyclic) bond motifs is 2. The van der Waals surface area contributed by atoms with Crippen LogP contribution in [0.3, 0.4) is 0 Å². The van der Waals surface area contributed by atoms with Crippen LogP contribution >= 0.6 is 23.5 Å². The molecule has 0 spiro atoms. The van der Waals surface area contributed by atoms with E-state index in [9.17, 15) is 35.8 Å². The number of thioether (sulfide) groups is 2. The van der Waals surface area contributed by atoms with Crippen molar-refractivity contribution in [2.45, 2.75) is 85.8 Å². The van der Waals surface area contributed by atoms with Crippen LogP contribution in [0.5, 0.6) is 11.5 Å². The Balaban J connectivity index is 0.000000214. The van der Waals surface area contributed by atoms with Crippen LogP contribution in [0.25, 0.3) is 0 Å². The third kappa shape index (κ3) is 9.79. The molecular formula is C42H52F2N2O6S4. The maximum atomic E-state index is 13.5. The summed E-state index contributed by atoms with van der Waals surface area (Å²) in [6, 6.07) is 18.4. The fraction of sp³-hybridized carbons (Fsp3) is 0.429. The van der Waals surface area contributed by atoms with Gasteiger partial charge in [0.05, 0.1) is 42.5 Å². The summed E-state index contributed by atoms with van der Waals surface area (Å²) in [7, 11) is -7.20. The second-order valence-corrected chi connectivity index (χ2v) is 21.1. The van der Waals surface area contributed by atoms with E-state index in [4.69, 9.17) is 0 Å². The lowest BCUT2D eigenvalue weighted by Crippen LogP contribution is -2.35. The molecule has 0 aromatic heterocycles. The summed E-state index contributed by atoms with van der Waals surface area (Å²) in [6.45, 7) is 9.18. The van der Waals surface area contributed by atoms with Crippen molar-refractivity contribution in [1.29, 1.82) is 0 Å². The van der Waals surface area contributed by atoms with Gasteiger partial charge in [0, 0.05) is 36.6 Å². The highest BCUT2D eigenvalue weighted by atomic mass is 32.2. The Morgan fingerprint density at radius 3 is 1.27 bits per heavy atom. The van der Waals surface area contributed by atoms with Crippen LogP contribution in [0, 0.1) is 22.5 Å². The first-order valence-electron chi connectivity index (χ1n) is 18.7. The lowest BCUT2D eigenvalue weighted by Gasteiger charge is -2.34. The van der Waals surface area contributed by atoms with E-state index in [-0.39, 0.29) is 44.4 Å². The van der Waals surface area contributed by atoms with Crippen LogP contribution in [-0.4, -0.2) is 64.2 Å². The molecule has 14 heteroatoms. The van der Waals surface area contributed by atoms with Crippen molar-refractivity contribution < 1.29 is 35.8 Å². The summed E-state index contributed by atoms with van der Waals surface area (Å²) in [5.41, 5.74) is 1.62. The number of anilines is 4. The van der Waals surface area contributed by atoms with Crippen molar-refractivity contribution in [3.63, 3.8) is 0 Å². The van der Waals surface area contributed by atoms with Crippen molar-refractivity contribution in [3.8, 4) is 11.5 Å². The molecule has 56 heavy (non-hydrogen) atoms. The van der Waals surface area contributed by atoms with Crippen molar-refractivity contribution in [3.05, 3.63) is 84.4 Å². The van der Waals surface area contributed by atoms with Gasteiger partial charge in [-0.05, 0) is 96.8 Å². The van der Waals surface area contributed by atoms with E-state index in [1.54, 1.807) is 36.4 Å². The first kappa shape index (κ1) is 43.7. The molecule has 6 rings (SSSR count). The van der Waals surface area contributed by atoms with Crippen LogP contribution in [0.15, 0.2) is 92.4 Å². The van der Waals surface area contributed by atoms with E-state index in [0.717, 1.165) is 49.9 Å². The highest BCUT2D eigenvalue weighted by molar-refractivity contribution is 7.99. The Bertz CT molecular complexity index is 2080. The molecule has 0 amide bonds. The Hall–Kier alpha value is -3.46. The molecule has 0 fully saturated rings. The minimum absolute atomic E-state index is 0.0166. The third-order valence-electron chi connectivity index (χ3n) is 10.5. The number of hydrogen-bond acceptors (Lipinski definition) is 10. The molecule has 2 aliphatic rings. The number of nitrogens with zero attached hydrogens (tertiary/aromatic N) is 2. The van der Waals surface area contributed by atoms with E-state index in [1.165, 1.54) is 59.9 Å². The van der Waals surface area contributed by atoms with Crippen LogP contribution in [0.2, 0.25) is 0 Å². The van der Waals surface area contributed by atoms with Gasteiger partial charge in [0.2, 0.25) is 0 Å². The summed E-state index contributed by atoms with van der Waals surface area (Å²) < 4.78 is 80.0. The maximum Gasteiger partial charge on any atom is 0.181 e. The maximum absolute atomic E-state index is 13.5. The molecule has 0 saturated carbocycles. The van der Waals surface area contributed by atoms with Crippen LogP contribution < -0.4 is 9.80 Å². The average Bonchev–Trinajstić information content (AvgIpc) is 3.29. The number of sulfone groups is 2. The molecule has 2 heterocycles. The highest BCUT2D eigenvalue weighted by Gasteiger charge is 2.41. The van der Waals surface area contributed by atoms with E-state index in [0.29, 0.717) is 34.3 Å². The zero-order chi connectivity index (χ0) is 41.1. The number of unbranched alkanes of at least 4 members (excludes halogenated alkanes) is 2. The highest BCUT2D eigenvalue weighted by Crippen LogP contribution is 2.47. The van der Waals surface area contributed by atoms with Gasteiger partial charge in [0.25, 0.3) is 0 Å². The Morgan fingerprint density at radius 1 is 0.625 bits per heavy atom. The molecule has 8 nitrogen and oxygen atoms in total. The summed E-state index contributed by atoms with van der Waals surface area (Å²) in [6.07, 6.45) is 9.04. The summed E-state index contributed by atoms with van der Waals surface area (Å²) in [4.78, 5) is 5.39. The topological polar surface area (TPSA) is 115 Å². The normalized spacial score (nSPS) is 21.2. The van der Waals surface area contributed by atoms with Gasteiger partial charge < -0.3 is 20.0 Å². The fourth-order valence-corrected chi connectivity index (χ4v) is 12.8. The van der Waals surface area contributed by atoms with E-state index in [1.807, 2.05) is 36.2 Å². The lowest BCUT2D eigenvalue weighted by atomic mass is 9.86. The molecule has 2 N–H and O–H groups in total. The summed E-state index contributed by atoms with van der Waals surface area (Å²) in [5, 5.41) is 20.6. The minimum Gasteiger partial charge on any atom is -0.507 e. The largest absolute Gasteiger partial charge is 0.507 e. The van der Waals surface area contributed by atoms with Gasteiger partial charge in [0.15, 0.2) is 19.7 Å². The number of hydrogen-bond donors (Lipinski definition) is 2. The van der Waals surface area contributed by atoms with E-state index in [2.05, 4.69) is 13.8 Å². The first-order chi connectivity index (χ1) is 26.4. The van der Waals surface area contributed by atoms with Crippen LogP contribution in [0.4, 0.5) is 31.5 Å². The van der Waals surface area contributed by atoms with Gasteiger partial charge in [-0.25, -0.2) is 25.6 Å². The van der Waals surface area contributed by atoms with Gasteiger partial charge in [-0.15, -0.1) is 23.5 Å². The molecule has 2 aliphatic heterocycles. The zero-order valence-corrected chi connectivity index (χ0v) is 36.1. The van der Waals surface area contributed by atoms with Gasteiger partial charge in [-0.3, -0.25) is 0 Å². The summed E-state index contributed by atoms with van der Waals surface area (Å²) in [5.74, 6) is -0.714. The second-order valence-electron chi connectivity index (χ2n) is 15.5. The molecule has 304 valence electrons. The Kier molecular flexibility index (Phi) is 13.7. The number of aromatic hydroxyl groups is 2. The molecule has 2 atom stereocenters. The smallest absolute Gasteiger partial charge is 0.181 e. The number of benzene rings is 4. The number of rotatable bonds is 10. The number of phenolic OH excluding ortho intramolecular Hbond substituents is 2. The molecule has 0 aliphatic carbocycles. The Labute approximate surface area is 339 Å². The summed E-state index contributed by atoms with van der Waals surface area (Å²) >= 11 is 2.71. The molecule has 4 aromatic rings. The van der Waals surface area contributed by atoms with E-state index < -0.39 is 30.5 Å². The molecular weight excluding hydrogens is 795 g/mol. The second kappa shape index (κ2) is 17.6. The van der Waals surface area contributed by atoms with Crippen molar-refractivity contribution in [1.82, 2.24) is 0 Å². The average molecular weight is 847 g/mol. The van der Waals surface area contributed by atoms with Crippen molar-refractivity contribution >= 4 is 65.9 Å². The van der Waals surface area contributed by atoms with E-state index >= 15 is 0 Å². The monoisotopic (exact) mass is 846 g/mol. The third-order valence-corrected chi connectivity index (χ3v) is 16.2. The van der Waals surface area contributed by atoms with Crippen molar-refractivity contribution in [2.24, 2.45) is 10.8 Å². The fourth-order valence-electron chi connectivity index (χ4n) is 7.63. The van der Waals surface area contributed by atoms with Crippen LogP contribution in [-0.2, 0) is 19.7 Å². The molecule has 0 bridgehead atoms. The predicted octanol–water partition coefficient (Wildman–Crippen LogP) is 10.8. The first-order valence-corrected chi connectivity index (χ1v) is 24.5. The zero-order valence-electron chi connectivity index (χ0n) is 32.8. The van der Waals surface area contributed by atoms with Crippen LogP contribution in [0.1, 0.15) is 66.2 Å². The minimum atomic E-state index is -3.60. The van der Waals surface area contributed by atoms with Gasteiger partial charge in [0.1, 0.15) is 23.1 Å². The number of halogens is 2. The lowest BCUT2D eigenvalue weighted by molar-refractivity contribution is 0.337. The number of phenols is 2. The predicted molar refractivity (Wildman–Crippen MR) is 226 cm³/mol. The Morgan fingerprint density at radius 2 is 0.964 bits per heavy atom. The SMILES string of the molecule is CCCC[C@@]1(C)CN(c2ccc(F)cc2)c2cc(SC)c(O)cc2S(=O)(=O)C1.CCCC[C@]1(C)CN(c2ccc(F)cc2)c2cc(SC)c(O)cc2S(=O)(=O)C1. The van der Waals surface area contributed by atoms with Gasteiger partial charge >= 0.3 is 0 Å². The molecule has 4 aromatic carbocycles.